The number of nitrogens with zero attached hydrogens (tertiary/aromatic N) is 2. The highest BCUT2D eigenvalue weighted by Gasteiger charge is 2.11. The number of hydrogen-bond acceptors (Lipinski definition) is 5. The zero-order chi connectivity index (χ0) is 17.9. The van der Waals surface area contributed by atoms with Crippen LogP contribution in [0.25, 0.3) is 10.2 Å². The minimum atomic E-state index is -0.192. The molecule has 2 heterocycles. The molecule has 4 aromatic rings. The molecule has 0 radical (unpaired) electrons. The molecular weight excluding hydrogens is 348 g/mol. The third-order valence-corrected chi connectivity index (χ3v) is 4.80. The van der Waals surface area contributed by atoms with Gasteiger partial charge in [0.15, 0.2) is 5.78 Å². The fourth-order valence-corrected chi connectivity index (χ4v) is 3.36. The number of carbonyl (C=O) groups excluding carboxylic acids is 1. The maximum atomic E-state index is 12.5. The van der Waals surface area contributed by atoms with Crippen LogP contribution < -0.4 is 10.3 Å². The minimum absolute atomic E-state index is 0.0431. The van der Waals surface area contributed by atoms with Crippen LogP contribution in [-0.2, 0) is 6.54 Å². The SMILES string of the molecule is O=C(Cn1cnc2ccsc2c1=O)c1ccc(Oc2ccccc2)cc1. The molecule has 0 aliphatic rings. The molecule has 0 saturated carbocycles. The zero-order valence-corrected chi connectivity index (χ0v) is 14.5. The molecule has 0 aliphatic carbocycles. The topological polar surface area (TPSA) is 61.2 Å². The number of ether oxygens (including phenoxy) is 1. The number of aromatic nitrogens is 2. The predicted molar refractivity (Wildman–Crippen MR) is 101 cm³/mol. The number of hydrogen-bond donors (Lipinski definition) is 0. The second-order valence-electron chi connectivity index (χ2n) is 5.68. The van der Waals surface area contributed by atoms with Gasteiger partial charge in [-0.25, -0.2) is 4.98 Å². The van der Waals surface area contributed by atoms with Crippen molar-refractivity contribution in [1.82, 2.24) is 9.55 Å². The van der Waals surface area contributed by atoms with E-state index in [0.717, 1.165) is 5.75 Å². The Balaban J connectivity index is 1.51. The summed E-state index contributed by atoms with van der Waals surface area (Å²) >= 11 is 1.33. The standard InChI is InChI=1S/C20H14N2O3S/c23-18(12-22-13-21-17-10-11-26-19(17)20(22)24)14-6-8-16(9-7-14)25-15-4-2-1-3-5-15/h1-11,13H,12H2. The van der Waals surface area contributed by atoms with Crippen molar-refractivity contribution in [1.29, 1.82) is 0 Å². The van der Waals surface area contributed by atoms with Crippen LogP contribution in [0.5, 0.6) is 11.5 Å². The summed E-state index contributed by atoms with van der Waals surface area (Å²) in [6.45, 7) is -0.0431. The summed E-state index contributed by atoms with van der Waals surface area (Å²) in [5, 5.41) is 1.82. The second-order valence-corrected chi connectivity index (χ2v) is 6.59. The fraction of sp³-hybridized carbons (Fsp3) is 0.0500. The molecule has 0 fully saturated rings. The van der Waals surface area contributed by atoms with Crippen molar-refractivity contribution in [2.75, 3.05) is 0 Å². The first kappa shape index (κ1) is 16.2. The van der Waals surface area contributed by atoms with E-state index in [2.05, 4.69) is 4.98 Å². The molecule has 0 N–H and O–H groups in total. The maximum Gasteiger partial charge on any atom is 0.271 e. The quantitative estimate of drug-likeness (QED) is 0.501. The van der Waals surface area contributed by atoms with E-state index in [9.17, 15) is 9.59 Å². The molecular formula is C20H14N2O3S. The minimum Gasteiger partial charge on any atom is -0.457 e. The van der Waals surface area contributed by atoms with Gasteiger partial charge < -0.3 is 4.74 Å². The first-order chi connectivity index (χ1) is 12.7. The van der Waals surface area contributed by atoms with E-state index in [1.165, 1.54) is 22.2 Å². The normalized spacial score (nSPS) is 10.8. The summed E-state index contributed by atoms with van der Waals surface area (Å²) in [6.07, 6.45) is 1.42. The summed E-state index contributed by atoms with van der Waals surface area (Å²) in [5.74, 6) is 1.22. The van der Waals surface area contributed by atoms with Gasteiger partial charge in [0, 0.05) is 5.56 Å². The van der Waals surface area contributed by atoms with Crippen LogP contribution >= 0.6 is 11.3 Å². The van der Waals surface area contributed by atoms with Crippen molar-refractivity contribution in [3.63, 3.8) is 0 Å². The van der Waals surface area contributed by atoms with Gasteiger partial charge in [-0.05, 0) is 47.8 Å². The number of para-hydroxylation sites is 1. The van der Waals surface area contributed by atoms with E-state index in [-0.39, 0.29) is 17.9 Å². The van der Waals surface area contributed by atoms with Crippen molar-refractivity contribution in [3.8, 4) is 11.5 Å². The van der Waals surface area contributed by atoms with E-state index in [4.69, 9.17) is 4.74 Å². The van der Waals surface area contributed by atoms with Crippen LogP contribution in [0.3, 0.4) is 0 Å². The third kappa shape index (κ3) is 3.27. The van der Waals surface area contributed by atoms with Crippen molar-refractivity contribution in [2.45, 2.75) is 6.54 Å². The molecule has 0 unspecified atom stereocenters. The van der Waals surface area contributed by atoms with Crippen molar-refractivity contribution < 1.29 is 9.53 Å². The Morgan fingerprint density at radius 3 is 2.50 bits per heavy atom. The average Bonchev–Trinajstić information content (AvgIpc) is 3.15. The Morgan fingerprint density at radius 2 is 1.73 bits per heavy atom. The molecule has 2 aromatic carbocycles. The Bertz CT molecular complexity index is 1120. The predicted octanol–water partition coefficient (Wildman–Crippen LogP) is 4.13. The van der Waals surface area contributed by atoms with Gasteiger partial charge >= 0.3 is 0 Å². The number of carbonyl (C=O) groups is 1. The highest BCUT2D eigenvalue weighted by atomic mass is 32.1. The van der Waals surface area contributed by atoms with Gasteiger partial charge in [0.2, 0.25) is 0 Å². The first-order valence-corrected chi connectivity index (χ1v) is 8.87. The van der Waals surface area contributed by atoms with Crippen molar-refractivity contribution in [2.24, 2.45) is 0 Å². The molecule has 4 rings (SSSR count). The zero-order valence-electron chi connectivity index (χ0n) is 13.7. The smallest absolute Gasteiger partial charge is 0.271 e. The lowest BCUT2D eigenvalue weighted by Gasteiger charge is -2.07. The average molecular weight is 362 g/mol. The van der Waals surface area contributed by atoms with E-state index in [1.807, 2.05) is 35.7 Å². The van der Waals surface area contributed by atoms with Gasteiger partial charge in [-0.15, -0.1) is 11.3 Å². The molecule has 0 saturated heterocycles. The molecule has 0 atom stereocenters. The highest BCUT2D eigenvalue weighted by Crippen LogP contribution is 2.21. The highest BCUT2D eigenvalue weighted by molar-refractivity contribution is 7.17. The van der Waals surface area contributed by atoms with Crippen LogP contribution in [-0.4, -0.2) is 15.3 Å². The van der Waals surface area contributed by atoms with Gasteiger partial charge in [-0.3, -0.25) is 14.2 Å². The van der Waals surface area contributed by atoms with Crippen LogP contribution in [0.15, 0.2) is 77.2 Å². The van der Waals surface area contributed by atoms with Crippen LogP contribution in [0.4, 0.5) is 0 Å². The van der Waals surface area contributed by atoms with E-state index < -0.39 is 0 Å². The monoisotopic (exact) mass is 362 g/mol. The van der Waals surface area contributed by atoms with Crippen LogP contribution in [0, 0.1) is 0 Å². The molecule has 0 amide bonds. The fourth-order valence-electron chi connectivity index (χ4n) is 2.57. The lowest BCUT2D eigenvalue weighted by molar-refractivity contribution is 0.0970. The van der Waals surface area contributed by atoms with E-state index >= 15 is 0 Å². The summed E-state index contributed by atoms with van der Waals surface area (Å²) in [5.41, 5.74) is 0.983. The Kier molecular flexibility index (Phi) is 4.33. The molecule has 128 valence electrons. The van der Waals surface area contributed by atoms with Gasteiger partial charge in [0.1, 0.15) is 16.2 Å². The number of Topliss-reactive ketones (excluding diaryl/α,β-unsaturated/α-hetero) is 1. The van der Waals surface area contributed by atoms with Crippen LogP contribution in [0.1, 0.15) is 10.4 Å². The summed E-state index contributed by atoms with van der Waals surface area (Å²) in [4.78, 5) is 29.1. The lowest BCUT2D eigenvalue weighted by atomic mass is 10.1. The number of rotatable bonds is 5. The second kappa shape index (κ2) is 6.93. The summed E-state index contributed by atoms with van der Waals surface area (Å²) in [6, 6.07) is 18.1. The van der Waals surface area contributed by atoms with E-state index in [1.54, 1.807) is 30.3 Å². The molecule has 0 aliphatic heterocycles. The molecule has 0 bridgehead atoms. The van der Waals surface area contributed by atoms with Gasteiger partial charge in [-0.1, -0.05) is 18.2 Å². The largest absolute Gasteiger partial charge is 0.457 e. The van der Waals surface area contributed by atoms with Gasteiger partial charge in [0.05, 0.1) is 18.4 Å². The number of ketones is 1. The lowest BCUT2D eigenvalue weighted by Crippen LogP contribution is -2.24. The number of benzene rings is 2. The first-order valence-electron chi connectivity index (χ1n) is 7.99. The van der Waals surface area contributed by atoms with Gasteiger partial charge in [0.25, 0.3) is 5.56 Å². The van der Waals surface area contributed by atoms with Crippen molar-refractivity contribution in [3.05, 3.63) is 88.3 Å². The maximum absolute atomic E-state index is 12.5. The number of thiophene rings is 1. The Labute approximate surface area is 153 Å². The van der Waals surface area contributed by atoms with Crippen molar-refractivity contribution >= 4 is 27.3 Å². The van der Waals surface area contributed by atoms with E-state index in [0.29, 0.717) is 21.5 Å². The molecule has 26 heavy (non-hydrogen) atoms. The molecule has 0 spiro atoms. The molecule has 2 aromatic heterocycles. The Morgan fingerprint density at radius 1 is 1.00 bits per heavy atom. The summed E-state index contributed by atoms with van der Waals surface area (Å²) < 4.78 is 7.62. The molecule has 6 heteroatoms. The summed E-state index contributed by atoms with van der Waals surface area (Å²) in [7, 11) is 0. The van der Waals surface area contributed by atoms with Crippen LogP contribution in [0.2, 0.25) is 0 Å². The molecule has 5 nitrogen and oxygen atoms in total. The van der Waals surface area contributed by atoms with Gasteiger partial charge in [-0.2, -0.15) is 0 Å². The Hall–Kier alpha value is -3.25. The number of fused-ring (bicyclic) bond motifs is 1. The third-order valence-electron chi connectivity index (χ3n) is 3.90.